The van der Waals surface area contributed by atoms with Crippen molar-refractivity contribution >= 4 is 36.3 Å². The predicted molar refractivity (Wildman–Crippen MR) is 61.1 cm³/mol. The maximum Gasteiger partial charge on any atom is 0.199 e. The van der Waals surface area contributed by atoms with Gasteiger partial charge >= 0.3 is 0 Å². The van der Waals surface area contributed by atoms with Gasteiger partial charge in [0.15, 0.2) is 8.38 Å². The number of hydrogen-bond donors (Lipinski definition) is 2. The summed E-state index contributed by atoms with van der Waals surface area (Å²) in [5.41, 5.74) is 1.04. The Bertz CT molecular complexity index is 250. The van der Waals surface area contributed by atoms with Gasteiger partial charge in [0, 0.05) is 5.30 Å². The second-order valence-electron chi connectivity index (χ2n) is 2.41. The van der Waals surface area contributed by atoms with Gasteiger partial charge in [-0.25, -0.2) is 0 Å². The van der Waals surface area contributed by atoms with E-state index in [1.165, 1.54) is 0 Å². The van der Waals surface area contributed by atoms with Gasteiger partial charge in [0.05, 0.1) is 11.2 Å². The van der Waals surface area contributed by atoms with Crippen LogP contribution in [0.4, 0.5) is 0 Å². The monoisotopic (exact) mass is 312 g/mol. The smallest absolute Gasteiger partial charge is 0.199 e. The maximum absolute atomic E-state index is 8.88. The van der Waals surface area contributed by atoms with Gasteiger partial charge < -0.3 is 14.5 Å². The lowest BCUT2D eigenvalue weighted by molar-refractivity contribution is 0.177. The lowest BCUT2D eigenvalue weighted by atomic mass is 10.2. The largest absolute Gasteiger partial charge is 0.366 e. The van der Waals surface area contributed by atoms with E-state index in [1.807, 2.05) is 12.1 Å². The second kappa shape index (κ2) is 5.88. The van der Waals surface area contributed by atoms with Gasteiger partial charge in [0.2, 0.25) is 0 Å². The highest BCUT2D eigenvalue weighted by Gasteiger charge is 2.02. The van der Waals surface area contributed by atoms with Gasteiger partial charge in [0.1, 0.15) is 0 Å². The molecule has 0 amide bonds. The first-order valence-corrected chi connectivity index (χ1v) is 6.42. The van der Waals surface area contributed by atoms with E-state index in [4.69, 9.17) is 14.5 Å². The number of benzene rings is 1. The number of hydrogen-bond acceptors (Lipinski definition) is 3. The van der Waals surface area contributed by atoms with E-state index in [1.54, 1.807) is 12.1 Å². The Morgan fingerprint density at radius 3 is 2.31 bits per heavy atom. The van der Waals surface area contributed by atoms with E-state index in [-0.39, 0.29) is 0 Å². The van der Waals surface area contributed by atoms with Crippen molar-refractivity contribution in [3.63, 3.8) is 0 Å². The fourth-order valence-corrected chi connectivity index (χ4v) is 1.52. The van der Waals surface area contributed by atoms with Crippen LogP contribution in [0.1, 0.15) is 5.56 Å². The predicted octanol–water partition coefficient (Wildman–Crippen LogP) is 1.52. The molecule has 0 unspecified atom stereocenters. The topological polar surface area (TPSA) is 49.7 Å². The molecule has 13 heavy (non-hydrogen) atoms. The summed E-state index contributed by atoms with van der Waals surface area (Å²) in [6.45, 7) is 0.567. The zero-order chi connectivity index (χ0) is 9.68. The number of rotatable bonds is 4. The summed E-state index contributed by atoms with van der Waals surface area (Å²) < 4.78 is 5.85. The van der Waals surface area contributed by atoms with Crippen molar-refractivity contribution < 1.29 is 14.5 Å². The Balaban J connectivity index is 2.59. The summed E-state index contributed by atoms with van der Waals surface area (Å²) in [7, 11) is -1.96. The fraction of sp³-hybridized carbons (Fsp3) is 0.250. The van der Waals surface area contributed by atoms with Crippen molar-refractivity contribution in [2.24, 2.45) is 0 Å². The first kappa shape index (κ1) is 11.3. The molecule has 0 aromatic heterocycles. The average Bonchev–Trinajstić information content (AvgIpc) is 2.15. The molecule has 0 saturated heterocycles. The van der Waals surface area contributed by atoms with Crippen LogP contribution in [-0.2, 0) is 11.3 Å². The number of alkyl halides is 1. The van der Waals surface area contributed by atoms with Gasteiger partial charge in [-0.05, 0) is 17.7 Å². The third-order valence-electron chi connectivity index (χ3n) is 1.51. The number of ether oxygens (including phenoxy) is 1. The molecule has 1 aromatic rings. The second-order valence-corrected chi connectivity index (χ2v) is 4.13. The Morgan fingerprint density at radius 2 is 1.85 bits per heavy atom. The molecule has 1 rings (SSSR count). The summed E-state index contributed by atoms with van der Waals surface area (Å²) in [5, 5.41) is 0.563. The molecule has 0 aliphatic carbocycles. The molecule has 0 aliphatic heterocycles. The fourth-order valence-electron chi connectivity index (χ4n) is 0.882. The van der Waals surface area contributed by atoms with Crippen molar-refractivity contribution in [1.82, 2.24) is 0 Å². The Kier molecular flexibility index (Phi) is 5.13. The van der Waals surface area contributed by atoms with Gasteiger partial charge in [-0.15, -0.1) is 0 Å². The summed E-state index contributed by atoms with van der Waals surface area (Å²) in [5.74, 6) is 0. The lowest BCUT2D eigenvalue weighted by Crippen LogP contribution is -2.00. The van der Waals surface area contributed by atoms with Crippen LogP contribution in [0.15, 0.2) is 24.3 Å². The van der Waals surface area contributed by atoms with Crippen molar-refractivity contribution in [1.29, 1.82) is 0 Å². The molecule has 3 nitrogen and oxygen atoms in total. The highest BCUT2D eigenvalue weighted by atomic mass is 127. The molecular weight excluding hydrogens is 302 g/mol. The quantitative estimate of drug-likeness (QED) is 0.503. The minimum Gasteiger partial charge on any atom is -0.366 e. The van der Waals surface area contributed by atoms with E-state index < -0.39 is 8.38 Å². The molecule has 0 spiro atoms. The van der Waals surface area contributed by atoms with Crippen LogP contribution < -0.4 is 5.30 Å². The standard InChI is InChI=1S/C8H10IO3P/c9-6-12-5-7-1-3-8(4-2-7)13(10)11/h1-4,10-11H,5-6H2. The first-order chi connectivity index (χ1) is 6.24. The maximum atomic E-state index is 8.88. The third-order valence-corrected chi connectivity index (χ3v) is 2.71. The summed E-state index contributed by atoms with van der Waals surface area (Å²) >= 11 is 2.13. The molecule has 0 aliphatic rings. The molecule has 0 radical (unpaired) electrons. The molecule has 2 N–H and O–H groups in total. The average molecular weight is 312 g/mol. The van der Waals surface area contributed by atoms with Gasteiger partial charge in [-0.3, -0.25) is 0 Å². The Hall–Kier alpha value is 0.260. The minimum absolute atomic E-state index is 0.563. The summed E-state index contributed by atoms with van der Waals surface area (Å²) in [6.07, 6.45) is 0. The summed E-state index contributed by atoms with van der Waals surface area (Å²) in [6, 6.07) is 7.09. The van der Waals surface area contributed by atoms with Crippen molar-refractivity contribution in [3.8, 4) is 0 Å². The van der Waals surface area contributed by atoms with Crippen LogP contribution in [0.3, 0.4) is 0 Å². The van der Waals surface area contributed by atoms with Crippen LogP contribution in [-0.4, -0.2) is 14.4 Å². The highest BCUT2D eigenvalue weighted by Crippen LogP contribution is 2.21. The first-order valence-electron chi connectivity index (χ1n) is 3.64. The van der Waals surface area contributed by atoms with Crippen molar-refractivity contribution in [2.45, 2.75) is 6.61 Å². The van der Waals surface area contributed by atoms with Gasteiger partial charge in [-0.1, -0.05) is 34.7 Å². The number of halogens is 1. The normalized spacial score (nSPS) is 10.8. The molecule has 1 aromatic carbocycles. The van der Waals surface area contributed by atoms with Gasteiger partial charge in [0.25, 0.3) is 0 Å². The molecule has 0 heterocycles. The third kappa shape index (κ3) is 3.87. The van der Waals surface area contributed by atoms with E-state index in [9.17, 15) is 0 Å². The van der Waals surface area contributed by atoms with Crippen molar-refractivity contribution in [3.05, 3.63) is 29.8 Å². The molecule has 0 bridgehead atoms. The van der Waals surface area contributed by atoms with E-state index in [0.717, 1.165) is 5.56 Å². The minimum atomic E-state index is -1.96. The SMILES string of the molecule is OP(O)c1ccc(COCI)cc1. The van der Waals surface area contributed by atoms with Crippen LogP contribution in [0.2, 0.25) is 0 Å². The molecular formula is C8H10IO3P. The van der Waals surface area contributed by atoms with E-state index in [0.29, 0.717) is 16.5 Å². The van der Waals surface area contributed by atoms with Crippen LogP contribution >= 0.6 is 31.0 Å². The zero-order valence-corrected chi connectivity index (χ0v) is 9.90. The van der Waals surface area contributed by atoms with Gasteiger partial charge in [-0.2, -0.15) is 0 Å². The van der Waals surface area contributed by atoms with E-state index in [2.05, 4.69) is 22.6 Å². The Morgan fingerprint density at radius 1 is 1.23 bits per heavy atom. The Labute approximate surface area is 91.8 Å². The summed E-state index contributed by atoms with van der Waals surface area (Å²) in [4.78, 5) is 17.8. The zero-order valence-electron chi connectivity index (χ0n) is 6.85. The molecule has 72 valence electrons. The van der Waals surface area contributed by atoms with Crippen LogP contribution in [0, 0.1) is 0 Å². The molecule has 5 heteroatoms. The highest BCUT2D eigenvalue weighted by molar-refractivity contribution is 14.1. The van der Waals surface area contributed by atoms with Crippen molar-refractivity contribution in [2.75, 3.05) is 4.61 Å². The molecule has 0 fully saturated rings. The lowest BCUT2D eigenvalue weighted by Gasteiger charge is -2.04. The van der Waals surface area contributed by atoms with E-state index >= 15 is 0 Å². The van der Waals surface area contributed by atoms with Crippen LogP contribution in [0.25, 0.3) is 0 Å². The molecule has 0 atom stereocenters. The molecule has 0 saturated carbocycles. The van der Waals surface area contributed by atoms with Crippen LogP contribution in [0.5, 0.6) is 0 Å².